The highest BCUT2D eigenvalue weighted by molar-refractivity contribution is 7.18. The zero-order valence-corrected chi connectivity index (χ0v) is 22.5. The second-order valence-electron chi connectivity index (χ2n) is 8.95. The summed E-state index contributed by atoms with van der Waals surface area (Å²) in [6.07, 6.45) is 6.28. The molecule has 0 aliphatic rings. The smallest absolute Gasteiger partial charge is 0.262 e. The van der Waals surface area contributed by atoms with Gasteiger partial charge in [0.1, 0.15) is 28.5 Å². The van der Waals surface area contributed by atoms with E-state index in [1.54, 1.807) is 60.7 Å². The summed E-state index contributed by atoms with van der Waals surface area (Å²) in [5.74, 6) is 1.10. The van der Waals surface area contributed by atoms with Crippen LogP contribution in [0.5, 0.6) is 11.5 Å². The number of nitrogens with zero attached hydrogens (tertiary/aromatic N) is 4. The Morgan fingerprint density at radius 1 is 1.03 bits per heavy atom. The summed E-state index contributed by atoms with van der Waals surface area (Å²) in [4.78, 5) is 19.7. The van der Waals surface area contributed by atoms with Crippen LogP contribution in [0.1, 0.15) is 47.8 Å². The van der Waals surface area contributed by atoms with E-state index >= 15 is 0 Å². The molecule has 194 valence electrons. The lowest BCUT2D eigenvalue weighted by Crippen LogP contribution is -2.21. The molecule has 0 amide bonds. The summed E-state index contributed by atoms with van der Waals surface area (Å²) in [6.45, 7) is 2.48. The number of ether oxygens (including phenoxy) is 2. The van der Waals surface area contributed by atoms with Crippen molar-refractivity contribution >= 4 is 27.2 Å². The molecule has 2 N–H and O–H groups in total. The molecule has 0 saturated heterocycles. The number of nitrogens with two attached hydrogens (primary N) is 1. The van der Waals surface area contributed by atoms with Gasteiger partial charge in [0.15, 0.2) is 0 Å². The van der Waals surface area contributed by atoms with Crippen LogP contribution in [-0.4, -0.2) is 23.8 Å². The fourth-order valence-electron chi connectivity index (χ4n) is 4.52. The molecule has 8 nitrogen and oxygen atoms in total. The molecule has 38 heavy (non-hydrogen) atoms. The highest BCUT2D eigenvalue weighted by atomic mass is 32.1. The topological polar surface area (TPSA) is 127 Å². The van der Waals surface area contributed by atoms with Crippen molar-refractivity contribution in [3.05, 3.63) is 68.6 Å². The van der Waals surface area contributed by atoms with Gasteiger partial charge in [0, 0.05) is 23.1 Å². The number of nitriles is 2. The third kappa shape index (κ3) is 5.34. The molecule has 0 bridgehead atoms. The van der Waals surface area contributed by atoms with E-state index < -0.39 is 0 Å². The van der Waals surface area contributed by atoms with Gasteiger partial charge in [0.2, 0.25) is 0 Å². The zero-order valence-electron chi connectivity index (χ0n) is 21.7. The normalized spacial score (nSPS) is 10.8. The number of fused-ring (bicyclic) bond motifs is 1. The van der Waals surface area contributed by atoms with Crippen LogP contribution < -0.4 is 20.8 Å². The van der Waals surface area contributed by atoms with Crippen molar-refractivity contribution in [3.8, 4) is 34.8 Å². The quantitative estimate of drug-likeness (QED) is 0.215. The molecule has 0 spiro atoms. The van der Waals surface area contributed by atoms with Gasteiger partial charge in [0.25, 0.3) is 5.56 Å². The average molecular weight is 528 g/mol. The summed E-state index contributed by atoms with van der Waals surface area (Å²) >= 11 is 1.57. The monoisotopic (exact) mass is 527 g/mol. The van der Waals surface area contributed by atoms with Crippen molar-refractivity contribution in [2.45, 2.75) is 45.6 Å². The van der Waals surface area contributed by atoms with Gasteiger partial charge >= 0.3 is 0 Å². The van der Waals surface area contributed by atoms with E-state index in [9.17, 15) is 15.3 Å². The maximum absolute atomic E-state index is 13.3. The van der Waals surface area contributed by atoms with Crippen molar-refractivity contribution in [2.24, 2.45) is 0 Å². The number of thiophene rings is 1. The second-order valence-corrected chi connectivity index (χ2v) is 10.1. The van der Waals surface area contributed by atoms with Gasteiger partial charge in [0.05, 0.1) is 42.7 Å². The van der Waals surface area contributed by atoms with E-state index in [0.717, 1.165) is 30.5 Å². The van der Waals surface area contributed by atoms with Crippen LogP contribution in [0.3, 0.4) is 0 Å². The van der Waals surface area contributed by atoms with Crippen molar-refractivity contribution in [1.29, 1.82) is 10.5 Å². The molecule has 2 aromatic carbocycles. The van der Waals surface area contributed by atoms with Crippen LogP contribution in [0, 0.1) is 22.7 Å². The molecule has 0 atom stereocenters. The first kappa shape index (κ1) is 26.7. The van der Waals surface area contributed by atoms with Gasteiger partial charge in [-0.2, -0.15) is 10.5 Å². The first-order valence-corrected chi connectivity index (χ1v) is 13.2. The minimum Gasteiger partial charge on any atom is -0.497 e. The Morgan fingerprint density at radius 3 is 2.39 bits per heavy atom. The Bertz CT molecular complexity index is 1600. The third-order valence-corrected chi connectivity index (χ3v) is 7.64. The number of hydrogen-bond donors (Lipinski definition) is 1. The predicted octanol–water partition coefficient (Wildman–Crippen LogP) is 5.44. The number of aryl methyl sites for hydroxylation is 3. The largest absolute Gasteiger partial charge is 0.497 e. The van der Waals surface area contributed by atoms with Crippen molar-refractivity contribution < 1.29 is 9.47 Å². The van der Waals surface area contributed by atoms with Crippen LogP contribution in [0.25, 0.3) is 21.3 Å². The van der Waals surface area contributed by atoms with Crippen molar-refractivity contribution in [2.75, 3.05) is 20.0 Å². The minimum absolute atomic E-state index is 0.103. The average Bonchev–Trinajstić information content (AvgIpc) is 3.36. The third-order valence-electron chi connectivity index (χ3n) is 6.54. The Hall–Kier alpha value is -4.34. The highest BCUT2D eigenvalue weighted by Gasteiger charge is 2.20. The van der Waals surface area contributed by atoms with E-state index in [-0.39, 0.29) is 22.4 Å². The maximum Gasteiger partial charge on any atom is 0.262 e. The Labute approximate surface area is 225 Å². The number of unbranched alkanes of at least 4 members (excludes halogenated alkanes) is 2. The number of anilines is 1. The molecule has 0 saturated carbocycles. The lowest BCUT2D eigenvalue weighted by atomic mass is 9.89. The molecular formula is C29H29N5O3S. The van der Waals surface area contributed by atoms with Gasteiger partial charge in [-0.3, -0.25) is 9.36 Å². The summed E-state index contributed by atoms with van der Waals surface area (Å²) in [6, 6.07) is 13.2. The van der Waals surface area contributed by atoms with E-state index in [2.05, 4.69) is 24.0 Å². The van der Waals surface area contributed by atoms with Crippen LogP contribution in [0.2, 0.25) is 0 Å². The van der Waals surface area contributed by atoms with Crippen LogP contribution in [-0.2, 0) is 19.4 Å². The van der Waals surface area contributed by atoms with E-state index in [1.807, 2.05) is 6.07 Å². The fraction of sp³-hybridized carbons (Fsp3) is 0.310. The Balaban J connectivity index is 1.76. The lowest BCUT2D eigenvalue weighted by Gasteiger charge is -2.17. The summed E-state index contributed by atoms with van der Waals surface area (Å²) in [5.41, 5.74) is 8.60. The van der Waals surface area contributed by atoms with Crippen molar-refractivity contribution in [1.82, 2.24) is 9.55 Å². The molecular weight excluding hydrogens is 498 g/mol. The summed E-state index contributed by atoms with van der Waals surface area (Å²) in [5, 5.41) is 20.3. The van der Waals surface area contributed by atoms with Gasteiger partial charge in [-0.05, 0) is 54.7 Å². The summed E-state index contributed by atoms with van der Waals surface area (Å²) in [7, 11) is 3.10. The predicted molar refractivity (Wildman–Crippen MR) is 150 cm³/mol. The number of nitrogen functional groups attached to an aromatic ring is 1. The number of hydrogen-bond acceptors (Lipinski definition) is 8. The summed E-state index contributed by atoms with van der Waals surface area (Å²) < 4.78 is 12.4. The molecule has 4 aromatic rings. The molecule has 2 aromatic heterocycles. The van der Waals surface area contributed by atoms with Gasteiger partial charge in [-0.25, -0.2) is 4.98 Å². The van der Waals surface area contributed by atoms with Crippen LogP contribution in [0.4, 0.5) is 5.69 Å². The van der Waals surface area contributed by atoms with Gasteiger partial charge in [-0.1, -0.05) is 19.8 Å². The van der Waals surface area contributed by atoms with E-state index in [4.69, 9.17) is 15.2 Å². The minimum atomic E-state index is -0.103. The second kappa shape index (κ2) is 11.8. The molecule has 0 aliphatic carbocycles. The first-order chi connectivity index (χ1) is 18.4. The SMILES string of the molecule is CCCCCc1cc2c(=O)n(CCc3cc(C#N)c(N)c(C#N)c3-c3cc(OC)cc(OC)c3)cnc2s1. The number of aromatic nitrogens is 2. The van der Waals surface area contributed by atoms with Gasteiger partial charge < -0.3 is 15.2 Å². The molecule has 0 unspecified atom stereocenters. The van der Waals surface area contributed by atoms with E-state index in [0.29, 0.717) is 46.5 Å². The van der Waals surface area contributed by atoms with Crippen LogP contribution in [0.15, 0.2) is 41.5 Å². The Kier molecular flexibility index (Phi) is 8.30. The zero-order chi connectivity index (χ0) is 27.2. The molecule has 0 aliphatic heterocycles. The Morgan fingerprint density at radius 2 is 1.76 bits per heavy atom. The molecule has 2 heterocycles. The molecule has 0 fully saturated rings. The molecule has 9 heteroatoms. The number of methoxy groups -OCH3 is 2. The number of rotatable bonds is 10. The van der Waals surface area contributed by atoms with Gasteiger partial charge in [-0.15, -0.1) is 11.3 Å². The molecule has 4 rings (SSSR count). The van der Waals surface area contributed by atoms with Crippen LogP contribution >= 0.6 is 11.3 Å². The molecule has 0 radical (unpaired) electrons. The maximum atomic E-state index is 13.3. The first-order valence-electron chi connectivity index (χ1n) is 12.4. The van der Waals surface area contributed by atoms with E-state index in [1.165, 1.54) is 4.88 Å². The fourth-order valence-corrected chi connectivity index (χ4v) is 5.55. The standard InChI is InChI=1S/C29H29N5O3S/c1-4-5-6-7-23-14-24-28(38-23)33-17-34(29(24)35)9-8-18-10-20(15-30)27(32)25(16-31)26(18)19-11-21(36-2)13-22(12-19)37-3/h10-14,17H,4-9,32H2,1-3H3. The highest BCUT2D eigenvalue weighted by Crippen LogP contribution is 2.38. The van der Waals surface area contributed by atoms with Crippen molar-refractivity contribution in [3.63, 3.8) is 0 Å². The number of benzene rings is 2. The lowest BCUT2D eigenvalue weighted by molar-refractivity contribution is 0.394.